The molecule has 0 saturated carbocycles. The van der Waals surface area contributed by atoms with E-state index < -0.39 is 16.7 Å². The maximum Gasteiger partial charge on any atom is 0.340 e. The van der Waals surface area contributed by atoms with Gasteiger partial charge in [-0.2, -0.15) is 0 Å². The average molecular weight is 364 g/mol. The molecule has 0 aliphatic heterocycles. The van der Waals surface area contributed by atoms with Crippen molar-refractivity contribution in [3.05, 3.63) is 63.5 Å². The Morgan fingerprint density at radius 3 is 2.73 bits per heavy atom. The number of carbonyl (C=O) groups excluding carboxylic acids is 1. The van der Waals surface area contributed by atoms with Gasteiger partial charge < -0.3 is 19.9 Å². The molecular weight excluding hydrogens is 347 g/mol. The van der Waals surface area contributed by atoms with Gasteiger partial charge in [0.25, 0.3) is 5.69 Å². The van der Waals surface area contributed by atoms with Crippen LogP contribution in [-0.4, -0.2) is 36.3 Å². The first-order valence-corrected chi connectivity index (χ1v) is 7.59. The third-order valence-electron chi connectivity index (χ3n) is 3.46. The number of benzene rings is 2. The number of carbonyl (C=O) groups is 1. The molecule has 0 heterocycles. The highest BCUT2D eigenvalue weighted by Crippen LogP contribution is 2.25. The Balaban J connectivity index is 2.23. The summed E-state index contributed by atoms with van der Waals surface area (Å²) in [5.41, 5.74) is 0.245. The van der Waals surface area contributed by atoms with Crippen molar-refractivity contribution in [1.29, 1.82) is 0 Å². The van der Waals surface area contributed by atoms with Crippen LogP contribution in [0.1, 0.15) is 15.9 Å². The number of non-ortho nitro benzene ring substituents is 1. The molecule has 0 aliphatic rings. The summed E-state index contributed by atoms with van der Waals surface area (Å²) in [6.07, 6.45) is 0. The third kappa shape index (κ3) is 4.67. The number of rotatable bonds is 8. The average Bonchev–Trinajstić information content (AvgIpc) is 2.64. The van der Waals surface area contributed by atoms with Crippen molar-refractivity contribution < 1.29 is 28.7 Å². The summed E-state index contributed by atoms with van der Waals surface area (Å²) in [4.78, 5) is 22.7. The van der Waals surface area contributed by atoms with Crippen molar-refractivity contribution in [3.63, 3.8) is 0 Å². The number of nitro benzene ring substituents is 1. The lowest BCUT2D eigenvalue weighted by Crippen LogP contribution is -2.13. The Morgan fingerprint density at radius 2 is 2.08 bits per heavy atom. The number of aliphatic hydroxyl groups excluding tert-OH is 1. The smallest absolute Gasteiger partial charge is 0.340 e. The maximum atomic E-state index is 13.4. The van der Waals surface area contributed by atoms with Crippen LogP contribution in [-0.2, 0) is 11.3 Å². The van der Waals surface area contributed by atoms with Gasteiger partial charge >= 0.3 is 5.97 Å². The van der Waals surface area contributed by atoms with Crippen LogP contribution in [0, 0.1) is 15.9 Å². The largest absolute Gasteiger partial charge is 0.496 e. The van der Waals surface area contributed by atoms with E-state index in [1.807, 2.05) is 0 Å². The molecule has 0 saturated heterocycles. The first-order chi connectivity index (χ1) is 12.5. The summed E-state index contributed by atoms with van der Waals surface area (Å²) in [5.74, 6) is -1.00. The molecule has 26 heavy (non-hydrogen) atoms. The Hall–Kier alpha value is -3.20. The van der Waals surface area contributed by atoms with Crippen molar-refractivity contribution >= 4 is 17.3 Å². The summed E-state index contributed by atoms with van der Waals surface area (Å²) in [6.45, 7) is -0.316. The van der Waals surface area contributed by atoms with Gasteiger partial charge in [0.2, 0.25) is 0 Å². The topological polar surface area (TPSA) is 111 Å². The van der Waals surface area contributed by atoms with Crippen molar-refractivity contribution in [1.82, 2.24) is 0 Å². The van der Waals surface area contributed by atoms with Crippen LogP contribution in [0.3, 0.4) is 0 Å². The van der Waals surface area contributed by atoms with E-state index in [-0.39, 0.29) is 36.7 Å². The molecule has 0 aromatic heterocycles. The number of nitrogens with zero attached hydrogens (tertiary/aromatic N) is 1. The van der Waals surface area contributed by atoms with Crippen LogP contribution in [0.15, 0.2) is 36.4 Å². The predicted octanol–water partition coefficient (Wildman–Crippen LogP) is 2.50. The predicted molar refractivity (Wildman–Crippen MR) is 90.7 cm³/mol. The summed E-state index contributed by atoms with van der Waals surface area (Å²) in [6, 6.07) is 7.44. The summed E-state index contributed by atoms with van der Waals surface area (Å²) < 4.78 is 23.6. The normalized spacial score (nSPS) is 10.3. The van der Waals surface area contributed by atoms with Crippen LogP contribution in [0.4, 0.5) is 15.8 Å². The second-order valence-electron chi connectivity index (χ2n) is 5.17. The number of halogens is 1. The minimum Gasteiger partial charge on any atom is -0.496 e. The fourth-order valence-electron chi connectivity index (χ4n) is 2.24. The number of methoxy groups -OCH3 is 1. The lowest BCUT2D eigenvalue weighted by atomic mass is 10.1. The molecule has 2 rings (SSSR count). The van der Waals surface area contributed by atoms with E-state index >= 15 is 0 Å². The highest BCUT2D eigenvalue weighted by atomic mass is 19.1. The van der Waals surface area contributed by atoms with Gasteiger partial charge in [-0.25, -0.2) is 9.18 Å². The molecule has 2 aromatic rings. The minimum absolute atomic E-state index is 0.0666. The number of nitro groups is 1. The van der Waals surface area contributed by atoms with E-state index in [9.17, 15) is 19.3 Å². The molecule has 2 N–H and O–H groups in total. The number of hydrogen-bond acceptors (Lipinski definition) is 7. The van der Waals surface area contributed by atoms with Gasteiger partial charge in [0.05, 0.1) is 24.2 Å². The molecule has 8 nitrogen and oxygen atoms in total. The summed E-state index contributed by atoms with van der Waals surface area (Å²) in [7, 11) is 1.40. The molecule has 0 bridgehead atoms. The van der Waals surface area contributed by atoms with Gasteiger partial charge in [-0.1, -0.05) is 0 Å². The highest BCUT2D eigenvalue weighted by Gasteiger charge is 2.19. The third-order valence-corrected chi connectivity index (χ3v) is 3.46. The molecule has 0 aliphatic carbocycles. The zero-order valence-electron chi connectivity index (χ0n) is 13.9. The Kier molecular flexibility index (Phi) is 6.45. The molecular formula is C17H17FN2O6. The Morgan fingerprint density at radius 1 is 1.31 bits per heavy atom. The van der Waals surface area contributed by atoms with E-state index in [0.29, 0.717) is 11.3 Å². The second kappa shape index (κ2) is 8.77. The lowest BCUT2D eigenvalue weighted by molar-refractivity contribution is -0.384. The zero-order valence-corrected chi connectivity index (χ0v) is 13.9. The number of esters is 1. The minimum atomic E-state index is -0.833. The molecule has 0 atom stereocenters. The molecule has 138 valence electrons. The first kappa shape index (κ1) is 19.1. The van der Waals surface area contributed by atoms with E-state index in [4.69, 9.17) is 14.6 Å². The number of anilines is 1. The Labute approximate surface area is 148 Å². The second-order valence-corrected chi connectivity index (χ2v) is 5.17. The van der Waals surface area contributed by atoms with Crippen molar-refractivity contribution in [3.8, 4) is 5.75 Å². The maximum absolute atomic E-state index is 13.4. The van der Waals surface area contributed by atoms with Crippen LogP contribution in [0.5, 0.6) is 5.75 Å². The molecule has 0 radical (unpaired) electrons. The van der Waals surface area contributed by atoms with Crippen LogP contribution in [0.2, 0.25) is 0 Å². The molecule has 0 spiro atoms. The zero-order chi connectivity index (χ0) is 19.1. The van der Waals surface area contributed by atoms with Crippen molar-refractivity contribution in [2.24, 2.45) is 0 Å². The number of hydrogen-bond donors (Lipinski definition) is 2. The quantitative estimate of drug-likeness (QED) is 0.420. The van der Waals surface area contributed by atoms with E-state index in [1.54, 1.807) is 0 Å². The molecule has 0 unspecified atom stereocenters. The SMILES string of the molecule is COc1ccc(F)cc1COC(=O)c1cc([N+](=O)[O-])ccc1NCCO. The van der Waals surface area contributed by atoms with Gasteiger partial charge in [0, 0.05) is 29.9 Å². The van der Waals surface area contributed by atoms with Crippen molar-refractivity contribution in [2.45, 2.75) is 6.61 Å². The standard InChI is InChI=1S/C17H17FN2O6/c1-25-16-5-2-12(18)8-11(16)10-26-17(22)14-9-13(20(23)24)3-4-15(14)19-6-7-21/h2-5,8-9,19,21H,6-7,10H2,1H3. The van der Waals surface area contributed by atoms with Gasteiger partial charge in [-0.05, 0) is 24.3 Å². The van der Waals surface area contributed by atoms with E-state index in [1.165, 1.54) is 37.4 Å². The fraction of sp³-hybridized carbons (Fsp3) is 0.235. The molecule has 0 amide bonds. The van der Waals surface area contributed by atoms with Crippen LogP contribution < -0.4 is 10.1 Å². The van der Waals surface area contributed by atoms with Gasteiger partial charge in [-0.15, -0.1) is 0 Å². The molecule has 9 heteroatoms. The first-order valence-electron chi connectivity index (χ1n) is 7.59. The number of aliphatic hydroxyl groups is 1. The molecule has 2 aromatic carbocycles. The highest BCUT2D eigenvalue weighted by molar-refractivity contribution is 5.96. The number of nitrogens with one attached hydrogen (secondary N) is 1. The number of ether oxygens (including phenoxy) is 2. The Bertz CT molecular complexity index is 812. The summed E-state index contributed by atoms with van der Waals surface area (Å²) in [5, 5.41) is 22.6. The van der Waals surface area contributed by atoms with E-state index in [0.717, 1.165) is 6.07 Å². The summed E-state index contributed by atoms with van der Waals surface area (Å²) >= 11 is 0. The van der Waals surface area contributed by atoms with Gasteiger partial charge in [0.15, 0.2) is 0 Å². The van der Waals surface area contributed by atoms with Crippen molar-refractivity contribution in [2.75, 3.05) is 25.6 Å². The lowest BCUT2D eigenvalue weighted by Gasteiger charge is -2.12. The van der Waals surface area contributed by atoms with Gasteiger partial charge in [-0.3, -0.25) is 10.1 Å². The van der Waals surface area contributed by atoms with Gasteiger partial charge in [0.1, 0.15) is 18.2 Å². The fourth-order valence-corrected chi connectivity index (χ4v) is 2.24. The molecule has 0 fully saturated rings. The van der Waals surface area contributed by atoms with Crippen LogP contribution in [0.25, 0.3) is 0 Å². The van der Waals surface area contributed by atoms with Crippen LogP contribution >= 0.6 is 0 Å². The monoisotopic (exact) mass is 364 g/mol. The van der Waals surface area contributed by atoms with E-state index in [2.05, 4.69) is 5.32 Å².